The first kappa shape index (κ1) is 15.2. The fourth-order valence-corrected chi connectivity index (χ4v) is 2.13. The van der Waals surface area contributed by atoms with Gasteiger partial charge in [-0.15, -0.1) is 0 Å². The molecule has 6 heteroatoms. The average molecular weight is 288 g/mol. The molecule has 2 rings (SSSR count). The van der Waals surface area contributed by atoms with E-state index in [1.165, 1.54) is 6.33 Å². The summed E-state index contributed by atoms with van der Waals surface area (Å²) in [7, 11) is 3.46. The summed E-state index contributed by atoms with van der Waals surface area (Å²) in [5.41, 5.74) is 1.66. The first-order chi connectivity index (χ1) is 10.2. The van der Waals surface area contributed by atoms with Gasteiger partial charge in [0.2, 0.25) is 0 Å². The molecule has 0 saturated heterocycles. The molecule has 1 heterocycles. The molecule has 2 aromatic rings. The second-order valence-corrected chi connectivity index (χ2v) is 4.81. The summed E-state index contributed by atoms with van der Waals surface area (Å²) in [6, 6.07) is 7.23. The lowest BCUT2D eigenvalue weighted by atomic mass is 10.1. The standard InChI is InChI=1S/C15H20N4O2/c1-4-13(14-16-10-17-19(14)2)18-15(20)12-7-5-11(6-8-12)9-21-3/h5-8,10,13H,4,9H2,1-3H3,(H,18,20)/t13-/m0/s1. The summed E-state index contributed by atoms with van der Waals surface area (Å²) < 4.78 is 6.73. The van der Waals surface area contributed by atoms with Crippen LogP contribution in [0.15, 0.2) is 30.6 Å². The first-order valence-corrected chi connectivity index (χ1v) is 6.88. The third-order valence-corrected chi connectivity index (χ3v) is 3.30. The first-order valence-electron chi connectivity index (χ1n) is 6.88. The lowest BCUT2D eigenvalue weighted by Gasteiger charge is -2.16. The van der Waals surface area contributed by atoms with E-state index < -0.39 is 0 Å². The van der Waals surface area contributed by atoms with Crippen LogP contribution in [0.3, 0.4) is 0 Å². The number of methoxy groups -OCH3 is 1. The fourth-order valence-electron chi connectivity index (χ4n) is 2.13. The molecule has 0 spiro atoms. The molecule has 0 fully saturated rings. The van der Waals surface area contributed by atoms with Gasteiger partial charge >= 0.3 is 0 Å². The molecule has 6 nitrogen and oxygen atoms in total. The summed E-state index contributed by atoms with van der Waals surface area (Å²) in [6.45, 7) is 2.54. The van der Waals surface area contributed by atoms with Gasteiger partial charge < -0.3 is 10.1 Å². The van der Waals surface area contributed by atoms with E-state index in [4.69, 9.17) is 4.74 Å². The molecule has 1 atom stereocenters. The molecule has 0 unspecified atom stereocenters. The smallest absolute Gasteiger partial charge is 0.251 e. The number of aromatic nitrogens is 3. The predicted molar refractivity (Wildman–Crippen MR) is 78.7 cm³/mol. The Hall–Kier alpha value is -2.21. The zero-order chi connectivity index (χ0) is 15.2. The molecule has 0 bridgehead atoms. The van der Waals surface area contributed by atoms with Crippen molar-refractivity contribution in [2.75, 3.05) is 7.11 Å². The van der Waals surface area contributed by atoms with Crippen LogP contribution >= 0.6 is 0 Å². The monoisotopic (exact) mass is 288 g/mol. The topological polar surface area (TPSA) is 69.0 Å². The van der Waals surface area contributed by atoms with Gasteiger partial charge in [-0.3, -0.25) is 9.48 Å². The molecule has 0 aliphatic heterocycles. The zero-order valence-corrected chi connectivity index (χ0v) is 12.5. The molecule has 1 amide bonds. The van der Waals surface area contributed by atoms with Crippen molar-refractivity contribution in [2.45, 2.75) is 26.0 Å². The number of nitrogens with one attached hydrogen (secondary N) is 1. The molecular formula is C15H20N4O2. The molecule has 1 N–H and O–H groups in total. The highest BCUT2D eigenvalue weighted by atomic mass is 16.5. The van der Waals surface area contributed by atoms with Crippen LogP contribution in [-0.2, 0) is 18.4 Å². The SMILES string of the molecule is CC[C@H](NC(=O)c1ccc(COC)cc1)c1ncnn1C. The van der Waals surface area contributed by atoms with Gasteiger partial charge in [-0.1, -0.05) is 19.1 Å². The minimum atomic E-state index is -0.149. The van der Waals surface area contributed by atoms with Crippen LogP contribution in [0.2, 0.25) is 0 Å². The van der Waals surface area contributed by atoms with Crippen molar-refractivity contribution >= 4 is 5.91 Å². The lowest BCUT2D eigenvalue weighted by molar-refractivity contribution is 0.0933. The Balaban J connectivity index is 2.07. The Morgan fingerprint density at radius 3 is 2.62 bits per heavy atom. The van der Waals surface area contributed by atoms with Crippen LogP contribution in [0.4, 0.5) is 0 Å². The quantitative estimate of drug-likeness (QED) is 0.880. The van der Waals surface area contributed by atoms with Gasteiger partial charge in [0.1, 0.15) is 12.2 Å². The van der Waals surface area contributed by atoms with E-state index in [0.29, 0.717) is 12.2 Å². The van der Waals surface area contributed by atoms with Crippen molar-refractivity contribution in [3.8, 4) is 0 Å². The van der Waals surface area contributed by atoms with Gasteiger partial charge in [0.15, 0.2) is 0 Å². The Morgan fingerprint density at radius 2 is 2.10 bits per heavy atom. The van der Waals surface area contributed by atoms with Crippen LogP contribution in [0, 0.1) is 0 Å². The fraction of sp³-hybridized carbons (Fsp3) is 0.400. The highest BCUT2D eigenvalue weighted by Gasteiger charge is 2.18. The van der Waals surface area contributed by atoms with Crippen LogP contribution < -0.4 is 5.32 Å². The second kappa shape index (κ2) is 6.99. The Labute approximate surface area is 124 Å². The van der Waals surface area contributed by atoms with Crippen molar-refractivity contribution in [2.24, 2.45) is 7.05 Å². The van der Waals surface area contributed by atoms with Crippen molar-refractivity contribution in [3.05, 3.63) is 47.5 Å². The highest BCUT2D eigenvalue weighted by Crippen LogP contribution is 2.14. The number of amides is 1. The Bertz CT molecular complexity index is 592. The summed E-state index contributed by atoms with van der Waals surface area (Å²) in [5, 5.41) is 7.02. The van der Waals surface area contributed by atoms with Crippen LogP contribution in [-0.4, -0.2) is 27.8 Å². The Kier molecular flexibility index (Phi) is 5.05. The summed E-state index contributed by atoms with van der Waals surface area (Å²) in [6.07, 6.45) is 2.24. The van der Waals surface area contributed by atoms with E-state index in [2.05, 4.69) is 15.4 Å². The maximum Gasteiger partial charge on any atom is 0.251 e. The Morgan fingerprint density at radius 1 is 1.38 bits per heavy atom. The number of carbonyl (C=O) groups excluding carboxylic acids is 1. The van der Waals surface area contributed by atoms with E-state index >= 15 is 0 Å². The number of nitrogens with zero attached hydrogens (tertiary/aromatic N) is 3. The molecule has 0 saturated carbocycles. The number of carbonyl (C=O) groups is 1. The largest absolute Gasteiger partial charge is 0.380 e. The van der Waals surface area contributed by atoms with Crippen molar-refractivity contribution in [3.63, 3.8) is 0 Å². The van der Waals surface area contributed by atoms with E-state index in [-0.39, 0.29) is 11.9 Å². The number of rotatable bonds is 6. The number of benzene rings is 1. The molecule has 0 radical (unpaired) electrons. The molecule has 1 aromatic carbocycles. The third kappa shape index (κ3) is 3.66. The average Bonchev–Trinajstić information content (AvgIpc) is 2.92. The van der Waals surface area contributed by atoms with Crippen LogP contribution in [0.25, 0.3) is 0 Å². The number of ether oxygens (including phenoxy) is 1. The van der Waals surface area contributed by atoms with Crippen LogP contribution in [0.1, 0.15) is 41.1 Å². The second-order valence-electron chi connectivity index (χ2n) is 4.81. The van der Waals surface area contributed by atoms with E-state index in [1.807, 2.05) is 26.1 Å². The van der Waals surface area contributed by atoms with E-state index in [9.17, 15) is 4.79 Å². The molecule has 1 aromatic heterocycles. The van der Waals surface area contributed by atoms with Crippen molar-refractivity contribution < 1.29 is 9.53 Å². The maximum atomic E-state index is 12.3. The van der Waals surface area contributed by atoms with Crippen LogP contribution in [0.5, 0.6) is 0 Å². The maximum absolute atomic E-state index is 12.3. The van der Waals surface area contributed by atoms with Crippen molar-refractivity contribution in [1.82, 2.24) is 20.1 Å². The molecule has 21 heavy (non-hydrogen) atoms. The number of hydrogen-bond acceptors (Lipinski definition) is 4. The van der Waals surface area contributed by atoms with Gasteiger partial charge in [0.05, 0.1) is 12.6 Å². The zero-order valence-electron chi connectivity index (χ0n) is 12.5. The van der Waals surface area contributed by atoms with Gasteiger partial charge in [0.25, 0.3) is 5.91 Å². The molecule has 112 valence electrons. The predicted octanol–water partition coefficient (Wildman–Crippen LogP) is 1.84. The van der Waals surface area contributed by atoms with Gasteiger partial charge in [-0.05, 0) is 24.1 Å². The number of aryl methyl sites for hydroxylation is 1. The van der Waals surface area contributed by atoms with Gasteiger partial charge in [-0.25, -0.2) is 4.98 Å². The third-order valence-electron chi connectivity index (χ3n) is 3.30. The van der Waals surface area contributed by atoms with Crippen molar-refractivity contribution in [1.29, 1.82) is 0 Å². The molecular weight excluding hydrogens is 268 g/mol. The van der Waals surface area contributed by atoms with Gasteiger partial charge in [0, 0.05) is 19.7 Å². The minimum Gasteiger partial charge on any atom is -0.380 e. The lowest BCUT2D eigenvalue weighted by Crippen LogP contribution is -2.30. The normalized spacial score (nSPS) is 12.1. The molecule has 0 aliphatic rings. The summed E-state index contributed by atoms with van der Waals surface area (Å²) in [4.78, 5) is 16.5. The molecule has 0 aliphatic carbocycles. The van der Waals surface area contributed by atoms with E-state index in [1.54, 1.807) is 23.9 Å². The summed E-state index contributed by atoms with van der Waals surface area (Å²) >= 11 is 0. The van der Waals surface area contributed by atoms with Gasteiger partial charge in [-0.2, -0.15) is 5.10 Å². The van der Waals surface area contributed by atoms with E-state index in [0.717, 1.165) is 17.8 Å². The summed E-state index contributed by atoms with van der Waals surface area (Å²) in [5.74, 6) is 0.635. The number of hydrogen-bond donors (Lipinski definition) is 1. The minimum absolute atomic E-state index is 0.117. The highest BCUT2D eigenvalue weighted by molar-refractivity contribution is 5.94.